The maximum absolute atomic E-state index is 12.5. The average Bonchev–Trinajstić information content (AvgIpc) is 3.08. The van der Waals surface area contributed by atoms with Gasteiger partial charge in [-0.3, -0.25) is 0 Å². The van der Waals surface area contributed by atoms with Crippen molar-refractivity contribution in [2.24, 2.45) is 22.9 Å². The molecule has 0 amide bonds. The largest absolute Gasteiger partial charge is 0.240 e. The molecule has 2 fully saturated rings. The van der Waals surface area contributed by atoms with Gasteiger partial charge in [-0.1, -0.05) is 6.42 Å². The highest BCUT2D eigenvalue weighted by Crippen LogP contribution is 2.49. The molecule has 2 aliphatic carbocycles. The van der Waals surface area contributed by atoms with Crippen LogP contribution in [0.5, 0.6) is 0 Å². The molecule has 1 aromatic carbocycles. The van der Waals surface area contributed by atoms with Gasteiger partial charge in [-0.2, -0.15) is 0 Å². The van der Waals surface area contributed by atoms with Gasteiger partial charge in [0.15, 0.2) is 0 Å². The van der Waals surface area contributed by atoms with Crippen LogP contribution >= 0.6 is 0 Å². The van der Waals surface area contributed by atoms with Crippen molar-refractivity contribution in [2.45, 2.75) is 48.4 Å². The normalized spacial score (nSPS) is 28.9. The van der Waals surface area contributed by atoms with Crippen LogP contribution in [-0.4, -0.2) is 22.9 Å². The van der Waals surface area contributed by atoms with Crippen molar-refractivity contribution >= 4 is 20.0 Å². The molecule has 23 heavy (non-hydrogen) atoms. The number of hydrogen-bond donors (Lipinski definition) is 2. The zero-order chi connectivity index (χ0) is 16.8. The quantitative estimate of drug-likeness (QED) is 0.830. The zero-order valence-electron chi connectivity index (χ0n) is 13.0. The van der Waals surface area contributed by atoms with Crippen LogP contribution in [0.1, 0.15) is 32.6 Å². The fourth-order valence-corrected chi connectivity index (χ4v) is 5.93. The molecule has 1 aromatic rings. The van der Waals surface area contributed by atoms with Crippen LogP contribution in [0, 0.1) is 17.8 Å². The minimum Gasteiger partial charge on any atom is -0.225 e. The smallest absolute Gasteiger partial charge is 0.225 e. The Balaban J connectivity index is 1.74. The van der Waals surface area contributed by atoms with Gasteiger partial charge in [0, 0.05) is 6.04 Å². The first-order chi connectivity index (χ1) is 10.7. The molecule has 0 radical (unpaired) electrons. The van der Waals surface area contributed by atoms with E-state index in [0.717, 1.165) is 12.3 Å². The van der Waals surface area contributed by atoms with E-state index in [1.165, 1.54) is 43.5 Å². The van der Waals surface area contributed by atoms with Gasteiger partial charge in [0.1, 0.15) is 0 Å². The number of fused-ring (bicyclic) bond motifs is 2. The fourth-order valence-electron chi connectivity index (χ4n) is 4.11. The Morgan fingerprint density at radius 2 is 1.65 bits per heavy atom. The molecule has 8 heteroatoms. The van der Waals surface area contributed by atoms with Crippen molar-refractivity contribution in [3.63, 3.8) is 0 Å². The van der Waals surface area contributed by atoms with Gasteiger partial charge in [0.05, 0.1) is 9.79 Å². The predicted molar refractivity (Wildman–Crippen MR) is 86.5 cm³/mol. The van der Waals surface area contributed by atoms with E-state index in [2.05, 4.69) is 4.72 Å². The molecule has 2 aliphatic rings. The van der Waals surface area contributed by atoms with Crippen LogP contribution in [0.4, 0.5) is 0 Å². The Morgan fingerprint density at radius 1 is 1.04 bits per heavy atom. The Hall–Kier alpha value is -0.960. The minimum atomic E-state index is -3.82. The second-order valence-electron chi connectivity index (χ2n) is 6.77. The van der Waals surface area contributed by atoms with E-state index in [4.69, 9.17) is 5.14 Å². The van der Waals surface area contributed by atoms with Crippen LogP contribution in [0.2, 0.25) is 0 Å². The van der Waals surface area contributed by atoms with Crippen molar-refractivity contribution in [2.75, 3.05) is 0 Å². The zero-order valence-corrected chi connectivity index (χ0v) is 14.6. The molecule has 128 valence electrons. The van der Waals surface area contributed by atoms with Crippen LogP contribution in [-0.2, 0) is 20.0 Å². The highest BCUT2D eigenvalue weighted by molar-refractivity contribution is 7.89. The number of hydrogen-bond acceptors (Lipinski definition) is 4. The lowest BCUT2D eigenvalue weighted by Crippen LogP contribution is -2.40. The molecule has 2 bridgehead atoms. The molecule has 3 rings (SSSR count). The van der Waals surface area contributed by atoms with Gasteiger partial charge >= 0.3 is 0 Å². The maximum Gasteiger partial charge on any atom is 0.240 e. The molecule has 0 aliphatic heterocycles. The molecule has 4 unspecified atom stereocenters. The van der Waals surface area contributed by atoms with Crippen LogP contribution in [0.3, 0.4) is 0 Å². The first-order valence-electron chi connectivity index (χ1n) is 7.82. The molecule has 0 aromatic heterocycles. The van der Waals surface area contributed by atoms with Crippen LogP contribution in [0.15, 0.2) is 34.1 Å². The summed E-state index contributed by atoms with van der Waals surface area (Å²) in [6, 6.07) is 4.86. The van der Waals surface area contributed by atoms with Gasteiger partial charge in [-0.25, -0.2) is 26.7 Å². The highest BCUT2D eigenvalue weighted by atomic mass is 32.2. The SMILES string of the molecule is CC(NS(=O)(=O)c1ccc(S(N)(=O)=O)cc1)C1CC2CCC1C2. The lowest BCUT2D eigenvalue weighted by atomic mass is 9.84. The summed E-state index contributed by atoms with van der Waals surface area (Å²) in [6.07, 6.45) is 4.79. The molecule has 4 atom stereocenters. The lowest BCUT2D eigenvalue weighted by Gasteiger charge is -2.28. The average molecular weight is 358 g/mol. The Bertz CT molecular complexity index is 787. The number of sulfonamides is 2. The van der Waals surface area contributed by atoms with Crippen molar-refractivity contribution in [3.8, 4) is 0 Å². The standard InChI is InChI=1S/C15H22N2O4S2/c1-10(15-9-11-2-3-12(15)8-11)17-23(20,21)14-6-4-13(5-7-14)22(16,18)19/h4-7,10-12,15,17H,2-3,8-9H2,1H3,(H2,16,18,19). The first kappa shape index (κ1) is 16.9. The number of benzene rings is 1. The van der Waals surface area contributed by atoms with Crippen molar-refractivity contribution in [1.82, 2.24) is 4.72 Å². The van der Waals surface area contributed by atoms with Crippen molar-refractivity contribution in [1.29, 1.82) is 0 Å². The summed E-state index contributed by atoms with van der Waals surface area (Å²) in [5.74, 6) is 1.78. The lowest BCUT2D eigenvalue weighted by molar-refractivity contribution is 0.280. The third-order valence-corrected chi connectivity index (χ3v) is 7.74. The van der Waals surface area contributed by atoms with Gasteiger partial charge in [-0.15, -0.1) is 0 Å². The summed E-state index contributed by atoms with van der Waals surface area (Å²) in [5, 5.41) is 5.02. The molecule has 0 saturated heterocycles. The molecular formula is C15H22N2O4S2. The van der Waals surface area contributed by atoms with Crippen LogP contribution in [0.25, 0.3) is 0 Å². The van der Waals surface area contributed by atoms with E-state index in [-0.39, 0.29) is 15.8 Å². The summed E-state index contributed by atoms with van der Waals surface area (Å²) >= 11 is 0. The highest BCUT2D eigenvalue weighted by Gasteiger charge is 2.42. The summed E-state index contributed by atoms with van der Waals surface area (Å²) in [4.78, 5) is -0.0440. The summed E-state index contributed by atoms with van der Waals surface area (Å²) in [5.41, 5.74) is 0. The third kappa shape index (κ3) is 3.45. The molecule has 3 N–H and O–H groups in total. The molecule has 0 spiro atoms. The maximum atomic E-state index is 12.5. The van der Waals surface area contributed by atoms with Gasteiger partial charge in [0.2, 0.25) is 20.0 Å². The van der Waals surface area contributed by atoms with Crippen LogP contribution < -0.4 is 9.86 Å². The van der Waals surface area contributed by atoms with Gasteiger partial charge in [0.25, 0.3) is 0 Å². The van der Waals surface area contributed by atoms with Crippen molar-refractivity contribution < 1.29 is 16.8 Å². The molecular weight excluding hydrogens is 336 g/mol. The Morgan fingerprint density at radius 3 is 2.13 bits per heavy atom. The van der Waals surface area contributed by atoms with E-state index in [1.807, 2.05) is 6.92 Å². The summed E-state index contributed by atoms with van der Waals surface area (Å²) in [6.45, 7) is 1.92. The summed E-state index contributed by atoms with van der Waals surface area (Å²) < 4.78 is 50.2. The number of primary sulfonamides is 1. The predicted octanol–water partition coefficient (Wildman–Crippen LogP) is 1.44. The van der Waals surface area contributed by atoms with E-state index in [9.17, 15) is 16.8 Å². The molecule has 0 heterocycles. The summed E-state index contributed by atoms with van der Waals surface area (Å²) in [7, 11) is -7.48. The van der Waals surface area contributed by atoms with E-state index in [0.29, 0.717) is 11.8 Å². The monoisotopic (exact) mass is 358 g/mol. The topological polar surface area (TPSA) is 106 Å². The van der Waals surface area contributed by atoms with Gasteiger partial charge in [-0.05, 0) is 68.2 Å². The number of nitrogens with two attached hydrogens (primary N) is 1. The Kier molecular flexibility index (Phi) is 4.29. The number of rotatable bonds is 5. The van der Waals surface area contributed by atoms with Gasteiger partial charge < -0.3 is 0 Å². The van der Waals surface area contributed by atoms with Crippen molar-refractivity contribution in [3.05, 3.63) is 24.3 Å². The van der Waals surface area contributed by atoms with E-state index >= 15 is 0 Å². The second-order valence-corrected chi connectivity index (χ2v) is 10.0. The molecule has 2 saturated carbocycles. The third-order valence-electron chi connectivity index (χ3n) is 5.24. The number of nitrogens with one attached hydrogen (secondary N) is 1. The molecule has 6 nitrogen and oxygen atoms in total. The first-order valence-corrected chi connectivity index (χ1v) is 10.8. The fraction of sp³-hybridized carbons (Fsp3) is 0.600. The van der Waals surface area contributed by atoms with E-state index < -0.39 is 20.0 Å². The Labute approximate surface area is 137 Å². The second kappa shape index (κ2) is 5.84. The minimum absolute atomic E-state index is 0.0555. The van der Waals surface area contributed by atoms with E-state index in [1.54, 1.807) is 0 Å².